The van der Waals surface area contributed by atoms with Crippen molar-refractivity contribution in [3.05, 3.63) is 94.0 Å². The van der Waals surface area contributed by atoms with Crippen LogP contribution in [0.4, 0.5) is 0 Å². The minimum Gasteiger partial charge on any atom is -0.491 e. The molecule has 3 aromatic carbocycles. The predicted molar refractivity (Wildman–Crippen MR) is 128 cm³/mol. The lowest BCUT2D eigenvalue weighted by molar-refractivity contribution is 0.0692. The number of rotatable bonds is 12. The van der Waals surface area contributed by atoms with Crippen LogP contribution in [0.5, 0.6) is 11.5 Å². The lowest BCUT2D eigenvalue weighted by atomic mass is 9.60. The third-order valence-corrected chi connectivity index (χ3v) is 6.46. The van der Waals surface area contributed by atoms with Gasteiger partial charge >= 0.3 is 0 Å². The second-order valence-corrected chi connectivity index (χ2v) is 8.38. The molecule has 0 amide bonds. The molecule has 3 aliphatic rings. The van der Waals surface area contributed by atoms with E-state index in [1.165, 1.54) is 22.3 Å². The highest BCUT2D eigenvalue weighted by Gasteiger charge is 2.44. The summed E-state index contributed by atoms with van der Waals surface area (Å²) in [7, 11) is 0. The van der Waals surface area contributed by atoms with Gasteiger partial charge in [-0.1, -0.05) is 48.5 Å². The zero-order chi connectivity index (χ0) is 23.3. The zero-order valence-corrected chi connectivity index (χ0v) is 19.1. The van der Waals surface area contributed by atoms with Crippen molar-refractivity contribution in [3.63, 3.8) is 0 Å². The van der Waals surface area contributed by atoms with E-state index in [1.54, 1.807) is 0 Å². The third kappa shape index (κ3) is 4.18. The van der Waals surface area contributed by atoms with Gasteiger partial charge in [0.15, 0.2) is 0 Å². The van der Waals surface area contributed by atoms with E-state index in [-0.39, 0.29) is 25.0 Å². The van der Waals surface area contributed by atoms with Crippen molar-refractivity contribution < 1.29 is 29.2 Å². The van der Waals surface area contributed by atoms with Crippen LogP contribution >= 0.6 is 0 Å². The standard InChI is InChI=1S/C28H30O6/c29-11-13-31-15-17-33-23-9-10-24(34-18-16-32-14-12-30)28-26-20-6-2-1-5-19(20)25(27(23)28)21-7-3-4-8-22(21)26/h1-10,25-26,29-30H,11-18H2. The number of aliphatic hydroxyl groups excluding tert-OH is 2. The molecule has 2 N–H and O–H groups in total. The Labute approximate surface area is 199 Å². The molecule has 178 valence electrons. The fraction of sp³-hybridized carbons (Fsp3) is 0.357. The van der Waals surface area contributed by atoms with Crippen molar-refractivity contribution in [1.29, 1.82) is 0 Å². The molecule has 0 heterocycles. The zero-order valence-electron chi connectivity index (χ0n) is 19.1. The number of aliphatic hydroxyl groups is 2. The van der Waals surface area contributed by atoms with Crippen molar-refractivity contribution in [2.75, 3.05) is 52.9 Å². The molecule has 6 rings (SSSR count). The van der Waals surface area contributed by atoms with Gasteiger partial charge in [-0.05, 0) is 34.4 Å². The Hall–Kier alpha value is -2.90. The first-order valence-corrected chi connectivity index (χ1v) is 11.8. The molecule has 0 unspecified atom stereocenters. The Morgan fingerprint density at radius 1 is 0.500 bits per heavy atom. The van der Waals surface area contributed by atoms with Crippen LogP contribution in [0.15, 0.2) is 60.7 Å². The summed E-state index contributed by atoms with van der Waals surface area (Å²) in [5.74, 6) is 1.81. The summed E-state index contributed by atoms with van der Waals surface area (Å²) in [5, 5.41) is 17.9. The van der Waals surface area contributed by atoms with Gasteiger partial charge in [0.2, 0.25) is 0 Å². The molecule has 0 saturated heterocycles. The van der Waals surface area contributed by atoms with E-state index in [2.05, 4.69) is 48.5 Å². The molecule has 6 heteroatoms. The van der Waals surface area contributed by atoms with Crippen LogP contribution in [0.1, 0.15) is 45.2 Å². The van der Waals surface area contributed by atoms with Crippen LogP contribution in [0.2, 0.25) is 0 Å². The first-order valence-electron chi connectivity index (χ1n) is 11.8. The second kappa shape index (κ2) is 10.6. The average molecular weight is 463 g/mol. The summed E-state index contributed by atoms with van der Waals surface area (Å²) >= 11 is 0. The van der Waals surface area contributed by atoms with E-state index in [9.17, 15) is 0 Å². The molecule has 3 aliphatic carbocycles. The SMILES string of the molecule is OCCOCCOc1ccc(OCCOCCO)c2c1C1c3ccccc3C2c2ccccc21. The van der Waals surface area contributed by atoms with E-state index in [4.69, 9.17) is 29.2 Å². The second-order valence-electron chi connectivity index (χ2n) is 8.38. The quantitative estimate of drug-likeness (QED) is 0.277. The van der Waals surface area contributed by atoms with Crippen LogP contribution in [0.25, 0.3) is 0 Å². The van der Waals surface area contributed by atoms with E-state index >= 15 is 0 Å². The molecule has 0 spiro atoms. The summed E-state index contributed by atoms with van der Waals surface area (Å²) in [6.07, 6.45) is 0. The monoisotopic (exact) mass is 462 g/mol. The molecule has 0 aromatic heterocycles. The maximum Gasteiger partial charge on any atom is 0.124 e. The van der Waals surface area contributed by atoms with Gasteiger partial charge in [-0.3, -0.25) is 0 Å². The van der Waals surface area contributed by atoms with Gasteiger partial charge in [-0.15, -0.1) is 0 Å². The molecule has 0 saturated carbocycles. The first kappa shape index (κ1) is 22.9. The van der Waals surface area contributed by atoms with Crippen molar-refractivity contribution >= 4 is 0 Å². The number of benzene rings is 3. The van der Waals surface area contributed by atoms with Gasteiger partial charge in [0, 0.05) is 23.0 Å². The first-order chi connectivity index (χ1) is 16.8. The largest absolute Gasteiger partial charge is 0.491 e. The topological polar surface area (TPSA) is 77.4 Å². The molecule has 0 atom stereocenters. The summed E-state index contributed by atoms with van der Waals surface area (Å²) in [5.41, 5.74) is 7.54. The highest BCUT2D eigenvalue weighted by Crippen LogP contribution is 2.59. The van der Waals surface area contributed by atoms with E-state index in [0.29, 0.717) is 39.6 Å². The van der Waals surface area contributed by atoms with Crippen molar-refractivity contribution in [1.82, 2.24) is 0 Å². The molecule has 2 bridgehead atoms. The third-order valence-electron chi connectivity index (χ3n) is 6.46. The molecule has 6 nitrogen and oxygen atoms in total. The Balaban J connectivity index is 1.54. The molecule has 0 fully saturated rings. The lowest BCUT2D eigenvalue weighted by Crippen LogP contribution is -2.29. The Kier molecular flexibility index (Phi) is 7.11. The van der Waals surface area contributed by atoms with E-state index in [1.807, 2.05) is 12.1 Å². The van der Waals surface area contributed by atoms with Crippen LogP contribution in [-0.4, -0.2) is 63.1 Å². The molecule has 34 heavy (non-hydrogen) atoms. The molecule has 0 aliphatic heterocycles. The van der Waals surface area contributed by atoms with Crippen LogP contribution < -0.4 is 9.47 Å². The van der Waals surface area contributed by atoms with Crippen molar-refractivity contribution in [2.45, 2.75) is 11.8 Å². The minimum absolute atomic E-state index is 0.000769. The maximum atomic E-state index is 8.95. The minimum atomic E-state index is 0.000769. The lowest BCUT2D eigenvalue weighted by Gasteiger charge is -2.43. The number of hydrogen-bond donors (Lipinski definition) is 2. The predicted octanol–water partition coefficient (Wildman–Crippen LogP) is 3.45. The Morgan fingerprint density at radius 2 is 0.882 bits per heavy atom. The van der Waals surface area contributed by atoms with Gasteiger partial charge in [-0.25, -0.2) is 0 Å². The molecular weight excluding hydrogens is 432 g/mol. The average Bonchev–Trinajstić information content (AvgIpc) is 2.88. The Bertz CT molecular complexity index is 993. The summed E-state index contributed by atoms with van der Waals surface area (Å²) in [4.78, 5) is 0. The van der Waals surface area contributed by atoms with Gasteiger partial charge in [0.05, 0.1) is 39.6 Å². The van der Waals surface area contributed by atoms with Crippen LogP contribution in [0.3, 0.4) is 0 Å². The number of ether oxygens (including phenoxy) is 4. The Morgan fingerprint density at radius 3 is 1.24 bits per heavy atom. The molecule has 0 radical (unpaired) electrons. The van der Waals surface area contributed by atoms with Crippen molar-refractivity contribution in [3.8, 4) is 11.5 Å². The van der Waals surface area contributed by atoms with Crippen LogP contribution in [0, 0.1) is 0 Å². The smallest absolute Gasteiger partial charge is 0.124 e. The summed E-state index contributed by atoms with van der Waals surface area (Å²) in [6, 6.07) is 21.3. The molecular formula is C28H30O6. The number of hydrogen-bond acceptors (Lipinski definition) is 6. The fourth-order valence-electron chi connectivity index (χ4n) is 5.23. The van der Waals surface area contributed by atoms with Crippen molar-refractivity contribution in [2.24, 2.45) is 0 Å². The van der Waals surface area contributed by atoms with Gasteiger partial charge in [0.1, 0.15) is 24.7 Å². The van der Waals surface area contributed by atoms with Gasteiger partial charge in [0.25, 0.3) is 0 Å². The summed E-state index contributed by atoms with van der Waals surface area (Å²) in [6.45, 7) is 2.25. The van der Waals surface area contributed by atoms with Gasteiger partial charge < -0.3 is 29.2 Å². The normalized spacial score (nSPS) is 17.1. The highest BCUT2D eigenvalue weighted by molar-refractivity contribution is 5.73. The van der Waals surface area contributed by atoms with Crippen LogP contribution in [-0.2, 0) is 9.47 Å². The fourth-order valence-corrected chi connectivity index (χ4v) is 5.23. The summed E-state index contributed by atoms with van der Waals surface area (Å²) < 4.78 is 23.3. The van der Waals surface area contributed by atoms with E-state index in [0.717, 1.165) is 22.6 Å². The maximum absolute atomic E-state index is 8.95. The van der Waals surface area contributed by atoms with Gasteiger partial charge in [-0.2, -0.15) is 0 Å². The highest BCUT2D eigenvalue weighted by atomic mass is 16.5. The molecule has 3 aromatic rings. The van der Waals surface area contributed by atoms with E-state index < -0.39 is 0 Å².